The first kappa shape index (κ1) is 26.7. The molecular formula is C23H28F3IN2O5. The van der Waals surface area contributed by atoms with Crippen molar-refractivity contribution in [1.82, 2.24) is 10.2 Å². The Morgan fingerprint density at radius 1 is 1.21 bits per heavy atom. The number of para-hydroxylation sites is 1. The lowest BCUT2D eigenvalue weighted by Crippen LogP contribution is -2.58. The summed E-state index contributed by atoms with van der Waals surface area (Å²) >= 11 is 2.03. The number of amides is 2. The van der Waals surface area contributed by atoms with Gasteiger partial charge in [-0.05, 0) is 53.6 Å². The van der Waals surface area contributed by atoms with Crippen molar-refractivity contribution >= 4 is 34.4 Å². The van der Waals surface area contributed by atoms with Crippen molar-refractivity contribution in [2.45, 2.75) is 56.5 Å². The predicted octanol–water partition coefficient (Wildman–Crippen LogP) is 2.79. The number of hydrogen-bond donors (Lipinski definition) is 3. The third kappa shape index (κ3) is 6.85. The Hall–Kier alpha value is -1.86. The third-order valence-electron chi connectivity index (χ3n) is 6.05. The molecule has 0 heterocycles. The maximum Gasteiger partial charge on any atom is 0.406 e. The van der Waals surface area contributed by atoms with Crippen molar-refractivity contribution in [3.8, 4) is 5.75 Å². The molecule has 1 saturated carbocycles. The zero-order valence-corrected chi connectivity index (χ0v) is 20.6. The van der Waals surface area contributed by atoms with Gasteiger partial charge in [-0.15, -0.1) is 0 Å². The molecule has 2 amide bonds. The summed E-state index contributed by atoms with van der Waals surface area (Å²) in [6.45, 7) is -1.88. The topological polar surface area (TPSA) is 99.1 Å². The van der Waals surface area contributed by atoms with Crippen LogP contribution in [0.1, 0.15) is 32.1 Å². The molecule has 2 aliphatic rings. The van der Waals surface area contributed by atoms with Gasteiger partial charge in [-0.25, -0.2) is 0 Å². The van der Waals surface area contributed by atoms with Crippen LogP contribution < -0.4 is 10.1 Å². The maximum absolute atomic E-state index is 13.5. The first-order chi connectivity index (χ1) is 16.1. The van der Waals surface area contributed by atoms with Crippen LogP contribution in [0, 0.1) is 9.49 Å². The maximum atomic E-state index is 13.5. The fourth-order valence-electron chi connectivity index (χ4n) is 4.43. The highest BCUT2D eigenvalue weighted by Crippen LogP contribution is 2.34. The average molecular weight is 596 g/mol. The summed E-state index contributed by atoms with van der Waals surface area (Å²) in [5.74, 6) is -1.41. The second-order valence-corrected chi connectivity index (χ2v) is 9.67. The molecule has 0 saturated heterocycles. The van der Waals surface area contributed by atoms with Gasteiger partial charge in [-0.3, -0.25) is 9.59 Å². The number of carbonyl (C=O) groups is 2. The molecule has 0 spiro atoms. The number of ether oxygens (including phenoxy) is 1. The molecule has 0 aromatic heterocycles. The molecule has 34 heavy (non-hydrogen) atoms. The highest BCUT2D eigenvalue weighted by molar-refractivity contribution is 14.1. The van der Waals surface area contributed by atoms with Crippen LogP contribution in [0.5, 0.6) is 5.75 Å². The molecule has 0 radical (unpaired) electrons. The molecule has 0 bridgehead atoms. The van der Waals surface area contributed by atoms with Gasteiger partial charge in [0.1, 0.15) is 24.5 Å². The van der Waals surface area contributed by atoms with E-state index in [4.69, 9.17) is 9.84 Å². The van der Waals surface area contributed by atoms with E-state index in [0.29, 0.717) is 27.1 Å². The number of rotatable bonds is 8. The highest BCUT2D eigenvalue weighted by atomic mass is 127. The zero-order valence-electron chi connectivity index (χ0n) is 18.4. The van der Waals surface area contributed by atoms with Crippen LogP contribution in [0.3, 0.4) is 0 Å². The number of aliphatic hydroxyl groups excluding tert-OH is 2. The third-order valence-corrected chi connectivity index (χ3v) is 6.94. The summed E-state index contributed by atoms with van der Waals surface area (Å²) in [5.41, 5.74) is 0.0890. The molecular weight excluding hydrogens is 568 g/mol. The summed E-state index contributed by atoms with van der Waals surface area (Å²) in [5, 5.41) is 22.6. The molecule has 3 N–H and O–H groups in total. The van der Waals surface area contributed by atoms with Crippen LogP contribution in [-0.4, -0.2) is 71.0 Å². The molecule has 1 aromatic rings. The van der Waals surface area contributed by atoms with Crippen molar-refractivity contribution < 1.29 is 37.7 Å². The Morgan fingerprint density at radius 3 is 2.50 bits per heavy atom. The van der Waals surface area contributed by atoms with Gasteiger partial charge in [0.15, 0.2) is 0 Å². The van der Waals surface area contributed by atoms with Gasteiger partial charge >= 0.3 is 6.18 Å². The summed E-state index contributed by atoms with van der Waals surface area (Å²) in [4.78, 5) is 26.5. The van der Waals surface area contributed by atoms with E-state index in [2.05, 4.69) is 5.32 Å². The quantitative estimate of drug-likeness (QED) is 0.402. The number of aliphatic hydroxyl groups is 2. The molecule has 3 unspecified atom stereocenters. The summed E-state index contributed by atoms with van der Waals surface area (Å²) in [7, 11) is 0. The van der Waals surface area contributed by atoms with E-state index < -0.39 is 48.7 Å². The van der Waals surface area contributed by atoms with Crippen molar-refractivity contribution in [1.29, 1.82) is 0 Å². The SMILES string of the molecule is O=C(NCCO)C1=CC(Oc2ccccc2I)C(O)C(N(CC(F)(F)F)C(=O)C2CCCC2)C1. The van der Waals surface area contributed by atoms with Gasteiger partial charge < -0.3 is 25.2 Å². The Kier molecular flexibility index (Phi) is 9.21. The summed E-state index contributed by atoms with van der Waals surface area (Å²) < 4.78 is 47.2. The second-order valence-electron chi connectivity index (χ2n) is 8.51. The fraction of sp³-hybridized carbons (Fsp3) is 0.565. The fourth-order valence-corrected chi connectivity index (χ4v) is 4.94. The number of nitrogens with zero attached hydrogens (tertiary/aromatic N) is 1. The standard InChI is InChI=1S/C23H28F3IN2O5/c24-23(25,26)13-29(22(33)14-5-1-2-6-14)17-11-15(21(32)28-9-10-30)12-19(20(17)31)34-18-8-4-3-7-16(18)27/h3-4,7-8,12,14,17,19-20,30-31H,1-2,5-6,9-11,13H2,(H,28,32). The monoisotopic (exact) mass is 596 g/mol. The number of hydrogen-bond acceptors (Lipinski definition) is 5. The van der Waals surface area contributed by atoms with Crippen molar-refractivity contribution in [2.24, 2.45) is 5.92 Å². The van der Waals surface area contributed by atoms with Crippen molar-refractivity contribution in [2.75, 3.05) is 19.7 Å². The molecule has 1 fully saturated rings. The number of halogens is 4. The van der Waals surface area contributed by atoms with Gasteiger partial charge in [0.2, 0.25) is 11.8 Å². The Bertz CT molecular complexity index is 905. The lowest BCUT2D eigenvalue weighted by atomic mass is 9.87. The van der Waals surface area contributed by atoms with Crippen molar-refractivity contribution in [3.63, 3.8) is 0 Å². The van der Waals surface area contributed by atoms with Gasteiger partial charge in [-0.1, -0.05) is 25.0 Å². The Morgan fingerprint density at radius 2 is 1.88 bits per heavy atom. The van der Waals surface area contributed by atoms with Gasteiger partial charge in [0.25, 0.3) is 0 Å². The first-order valence-corrected chi connectivity index (χ1v) is 12.2. The van der Waals surface area contributed by atoms with Gasteiger partial charge in [0, 0.05) is 24.5 Å². The average Bonchev–Trinajstić information content (AvgIpc) is 3.32. The lowest BCUT2D eigenvalue weighted by molar-refractivity contribution is -0.175. The first-order valence-electron chi connectivity index (χ1n) is 11.2. The molecule has 11 heteroatoms. The molecule has 1 aromatic carbocycles. The van der Waals surface area contributed by atoms with Crippen LogP contribution in [0.2, 0.25) is 0 Å². The minimum absolute atomic E-state index is 0.0429. The van der Waals surface area contributed by atoms with Crippen LogP contribution in [-0.2, 0) is 9.59 Å². The lowest BCUT2D eigenvalue weighted by Gasteiger charge is -2.41. The Balaban J connectivity index is 1.95. The molecule has 188 valence electrons. The second kappa shape index (κ2) is 11.7. The Labute approximate surface area is 209 Å². The molecule has 3 rings (SSSR count). The van der Waals surface area contributed by atoms with E-state index in [0.717, 1.165) is 12.8 Å². The zero-order chi connectivity index (χ0) is 24.9. The van der Waals surface area contributed by atoms with E-state index in [1.54, 1.807) is 24.3 Å². The van der Waals surface area contributed by atoms with E-state index in [-0.39, 0.29) is 25.1 Å². The summed E-state index contributed by atoms with van der Waals surface area (Å²) in [6, 6.07) is 5.60. The van der Waals surface area contributed by atoms with Crippen LogP contribution in [0.15, 0.2) is 35.9 Å². The number of alkyl halides is 3. The van der Waals surface area contributed by atoms with Gasteiger partial charge in [0.05, 0.1) is 16.2 Å². The number of carbonyl (C=O) groups excluding carboxylic acids is 2. The smallest absolute Gasteiger partial charge is 0.406 e. The number of benzene rings is 1. The van der Waals surface area contributed by atoms with E-state index in [9.17, 15) is 27.9 Å². The van der Waals surface area contributed by atoms with Gasteiger partial charge in [-0.2, -0.15) is 13.2 Å². The van der Waals surface area contributed by atoms with Crippen molar-refractivity contribution in [3.05, 3.63) is 39.5 Å². The van der Waals surface area contributed by atoms with Crippen LogP contribution in [0.4, 0.5) is 13.2 Å². The van der Waals surface area contributed by atoms with E-state index in [1.165, 1.54) is 6.08 Å². The predicted molar refractivity (Wildman–Crippen MR) is 126 cm³/mol. The van der Waals surface area contributed by atoms with Crippen LogP contribution in [0.25, 0.3) is 0 Å². The highest BCUT2D eigenvalue weighted by Gasteiger charge is 2.46. The van der Waals surface area contributed by atoms with E-state index >= 15 is 0 Å². The molecule has 2 aliphatic carbocycles. The van der Waals surface area contributed by atoms with Crippen LogP contribution >= 0.6 is 22.6 Å². The minimum atomic E-state index is -4.68. The molecule has 3 atom stereocenters. The largest absolute Gasteiger partial charge is 0.482 e. The number of nitrogens with one attached hydrogen (secondary N) is 1. The van der Waals surface area contributed by atoms with E-state index in [1.807, 2.05) is 22.6 Å². The molecule has 7 nitrogen and oxygen atoms in total. The minimum Gasteiger partial charge on any atom is -0.482 e. The normalized spacial score (nSPS) is 23.4. The summed E-state index contributed by atoms with van der Waals surface area (Å²) in [6.07, 6.45) is -3.70. The molecule has 0 aliphatic heterocycles.